The molecule has 2 fully saturated rings. The molecule has 0 bridgehead atoms. The van der Waals surface area contributed by atoms with Crippen LogP contribution in [0.4, 0.5) is 9.59 Å². The highest BCUT2D eigenvalue weighted by Gasteiger charge is 2.28. The van der Waals surface area contributed by atoms with Crippen LogP contribution in [0.1, 0.15) is 54.4 Å². The second-order valence-corrected chi connectivity index (χ2v) is 7.75. The monoisotopic (exact) mass is 372 g/mol. The molecule has 0 aliphatic carbocycles. The maximum Gasteiger partial charge on any atom is 0.409 e. The number of carbonyl (C=O) groups is 2. The number of nitrogens with zero attached hydrogens (tertiary/aromatic N) is 2. The second kappa shape index (κ2) is 12.0. The molecule has 2 rings (SSSR count). The molecular weight excluding hydrogens is 332 g/mol. The summed E-state index contributed by atoms with van der Waals surface area (Å²) in [4.78, 5) is 25.8. The molecule has 26 heavy (non-hydrogen) atoms. The highest BCUT2D eigenvalue weighted by molar-refractivity contribution is 5.67. The molecule has 1 unspecified atom stereocenters. The number of hydrogen-bond donors (Lipinski definition) is 0. The molecule has 2 saturated heterocycles. The van der Waals surface area contributed by atoms with Crippen molar-refractivity contribution >= 4 is 12.2 Å². The van der Waals surface area contributed by atoms with Crippen LogP contribution in [0, 0.1) is 23.7 Å². The molecule has 2 amide bonds. The van der Waals surface area contributed by atoms with Gasteiger partial charge in [0.1, 0.15) is 0 Å². The first-order valence-electron chi connectivity index (χ1n) is 9.45. The van der Waals surface area contributed by atoms with Gasteiger partial charge in [-0.25, -0.2) is 9.59 Å². The van der Waals surface area contributed by atoms with Crippen molar-refractivity contribution in [3.63, 3.8) is 0 Å². The van der Waals surface area contributed by atoms with E-state index in [1.807, 2.05) is 0 Å². The van der Waals surface area contributed by atoms with Gasteiger partial charge in [-0.15, -0.1) is 0 Å². The number of likely N-dealkylation sites (tertiary alicyclic amines) is 2. The van der Waals surface area contributed by atoms with E-state index >= 15 is 0 Å². The molecule has 2 heterocycles. The summed E-state index contributed by atoms with van der Waals surface area (Å²) < 4.78 is 9.32. The van der Waals surface area contributed by atoms with Crippen LogP contribution < -0.4 is 0 Å². The summed E-state index contributed by atoms with van der Waals surface area (Å²) in [6.07, 6.45) is 2.99. The van der Waals surface area contributed by atoms with Crippen molar-refractivity contribution < 1.29 is 19.1 Å². The summed E-state index contributed by atoms with van der Waals surface area (Å²) in [7, 11) is 2.88. The lowest BCUT2D eigenvalue weighted by Gasteiger charge is -2.32. The molecule has 1 atom stereocenters. The molecule has 2 aliphatic rings. The number of rotatable bonds is 2. The fraction of sp³-hybridized carbons (Fsp3) is 0.900. The first-order chi connectivity index (χ1) is 11.8. The van der Waals surface area contributed by atoms with Crippen LogP contribution in [0.25, 0.3) is 0 Å². The first-order valence-corrected chi connectivity index (χ1v) is 9.45. The SMILES string of the molecule is C.COC(=O)N1CCC(C(C)C)C1.COC(=O)N1CCC(C(C)C)CC1. The van der Waals surface area contributed by atoms with Gasteiger partial charge in [0.2, 0.25) is 0 Å². The fourth-order valence-electron chi connectivity index (χ4n) is 3.50. The molecule has 0 aromatic rings. The van der Waals surface area contributed by atoms with E-state index in [1.165, 1.54) is 14.2 Å². The third-order valence-electron chi connectivity index (χ3n) is 5.52. The lowest BCUT2D eigenvalue weighted by molar-refractivity contribution is 0.0994. The summed E-state index contributed by atoms with van der Waals surface area (Å²) in [5, 5.41) is 0. The Bertz CT molecular complexity index is 418. The second-order valence-electron chi connectivity index (χ2n) is 7.75. The fourth-order valence-corrected chi connectivity index (χ4v) is 3.50. The number of carbonyl (C=O) groups excluding carboxylic acids is 2. The highest BCUT2D eigenvalue weighted by Crippen LogP contribution is 2.25. The van der Waals surface area contributed by atoms with Crippen molar-refractivity contribution in [1.29, 1.82) is 0 Å². The maximum atomic E-state index is 11.1. The maximum absolute atomic E-state index is 11.1. The standard InChI is InChI=1S/C10H19NO2.C9H17NO2.CH4/c1-8(2)9-4-6-11(7-5-9)10(12)13-3;1-7(2)8-4-5-10(6-8)9(11)12-3;/h8-9H,4-7H2,1-3H3;7-8H,4-6H2,1-3H3;1H4. The van der Waals surface area contributed by atoms with E-state index in [4.69, 9.17) is 0 Å². The molecule has 0 aromatic heterocycles. The minimum absolute atomic E-state index is 0. The molecule has 0 saturated carbocycles. The summed E-state index contributed by atoms with van der Waals surface area (Å²) in [5.74, 6) is 2.84. The Morgan fingerprint density at radius 1 is 0.769 bits per heavy atom. The van der Waals surface area contributed by atoms with Gasteiger partial charge in [0.05, 0.1) is 14.2 Å². The van der Waals surface area contributed by atoms with Crippen molar-refractivity contribution in [3.8, 4) is 0 Å². The number of methoxy groups -OCH3 is 2. The van der Waals surface area contributed by atoms with Crippen LogP contribution in [0.15, 0.2) is 0 Å². The van der Waals surface area contributed by atoms with E-state index in [-0.39, 0.29) is 19.6 Å². The number of amides is 2. The lowest BCUT2D eigenvalue weighted by atomic mass is 9.87. The van der Waals surface area contributed by atoms with Crippen molar-refractivity contribution in [2.24, 2.45) is 23.7 Å². The van der Waals surface area contributed by atoms with E-state index < -0.39 is 0 Å². The molecule has 2 aliphatic heterocycles. The lowest BCUT2D eigenvalue weighted by Crippen LogP contribution is -2.39. The van der Waals surface area contributed by atoms with Gasteiger partial charge >= 0.3 is 12.2 Å². The Labute approximate surface area is 160 Å². The number of hydrogen-bond acceptors (Lipinski definition) is 4. The molecule has 6 heteroatoms. The Kier molecular flexibility index (Phi) is 11.3. The van der Waals surface area contributed by atoms with Crippen LogP contribution in [-0.4, -0.2) is 62.4 Å². The van der Waals surface area contributed by atoms with Crippen LogP contribution in [0.3, 0.4) is 0 Å². The van der Waals surface area contributed by atoms with Gasteiger partial charge in [0.25, 0.3) is 0 Å². The van der Waals surface area contributed by atoms with Gasteiger partial charge in [-0.05, 0) is 42.9 Å². The average molecular weight is 373 g/mol. The van der Waals surface area contributed by atoms with Crippen molar-refractivity contribution in [3.05, 3.63) is 0 Å². The number of piperidine rings is 1. The van der Waals surface area contributed by atoms with E-state index in [1.54, 1.807) is 9.80 Å². The van der Waals surface area contributed by atoms with Gasteiger partial charge in [-0.1, -0.05) is 35.1 Å². The van der Waals surface area contributed by atoms with Crippen molar-refractivity contribution in [2.75, 3.05) is 40.4 Å². The zero-order chi connectivity index (χ0) is 19.0. The first kappa shape index (κ1) is 24.5. The van der Waals surface area contributed by atoms with E-state index in [9.17, 15) is 9.59 Å². The molecule has 0 spiro atoms. The third kappa shape index (κ3) is 7.42. The van der Waals surface area contributed by atoms with Crippen molar-refractivity contribution in [1.82, 2.24) is 9.80 Å². The van der Waals surface area contributed by atoms with Crippen LogP contribution in [-0.2, 0) is 9.47 Å². The molecule has 6 nitrogen and oxygen atoms in total. The van der Waals surface area contributed by atoms with Gasteiger partial charge in [0, 0.05) is 26.2 Å². The Balaban J connectivity index is 0.000000464. The van der Waals surface area contributed by atoms with Crippen molar-refractivity contribution in [2.45, 2.75) is 54.4 Å². The molecule has 154 valence electrons. The highest BCUT2D eigenvalue weighted by atomic mass is 16.5. The van der Waals surface area contributed by atoms with E-state index in [0.29, 0.717) is 11.8 Å². The van der Waals surface area contributed by atoms with E-state index in [0.717, 1.165) is 57.3 Å². The van der Waals surface area contributed by atoms with Gasteiger partial charge in [0.15, 0.2) is 0 Å². The zero-order valence-electron chi connectivity index (χ0n) is 16.8. The Morgan fingerprint density at radius 3 is 1.54 bits per heavy atom. The zero-order valence-corrected chi connectivity index (χ0v) is 16.8. The summed E-state index contributed by atoms with van der Waals surface area (Å²) >= 11 is 0. The summed E-state index contributed by atoms with van der Waals surface area (Å²) in [6.45, 7) is 12.3. The molecular formula is C20H40N2O4. The van der Waals surface area contributed by atoms with Gasteiger partial charge in [-0.3, -0.25) is 0 Å². The molecule has 0 aromatic carbocycles. The minimum atomic E-state index is -0.182. The van der Waals surface area contributed by atoms with Gasteiger partial charge in [-0.2, -0.15) is 0 Å². The summed E-state index contributed by atoms with van der Waals surface area (Å²) in [6, 6.07) is 0. The summed E-state index contributed by atoms with van der Waals surface area (Å²) in [5.41, 5.74) is 0. The van der Waals surface area contributed by atoms with Crippen LogP contribution >= 0.6 is 0 Å². The Morgan fingerprint density at radius 2 is 1.15 bits per heavy atom. The molecule has 0 N–H and O–H groups in total. The van der Waals surface area contributed by atoms with Crippen LogP contribution in [0.2, 0.25) is 0 Å². The predicted molar refractivity (Wildman–Crippen MR) is 105 cm³/mol. The number of ether oxygens (including phenoxy) is 2. The topological polar surface area (TPSA) is 59.1 Å². The Hall–Kier alpha value is -1.46. The predicted octanol–water partition coefficient (Wildman–Crippen LogP) is 4.49. The largest absolute Gasteiger partial charge is 0.453 e. The average Bonchev–Trinajstić information content (AvgIpc) is 3.11. The smallest absolute Gasteiger partial charge is 0.409 e. The van der Waals surface area contributed by atoms with Gasteiger partial charge < -0.3 is 19.3 Å². The third-order valence-corrected chi connectivity index (χ3v) is 5.52. The van der Waals surface area contributed by atoms with E-state index in [2.05, 4.69) is 37.2 Å². The minimum Gasteiger partial charge on any atom is -0.453 e. The normalized spacial score (nSPS) is 20.4. The molecule has 0 radical (unpaired) electrons. The van der Waals surface area contributed by atoms with Crippen LogP contribution in [0.5, 0.6) is 0 Å². The quantitative estimate of drug-likeness (QED) is 0.717.